The van der Waals surface area contributed by atoms with Crippen LogP contribution in [-0.4, -0.2) is 17.8 Å². The molecule has 4 heteroatoms. The van der Waals surface area contributed by atoms with Gasteiger partial charge in [0.25, 0.3) is 0 Å². The molecule has 0 saturated carbocycles. The van der Waals surface area contributed by atoms with Crippen LogP contribution in [0.3, 0.4) is 0 Å². The second kappa shape index (κ2) is 10.2. The van der Waals surface area contributed by atoms with Gasteiger partial charge < -0.3 is 10.4 Å². The molecule has 0 aromatic heterocycles. The highest BCUT2D eigenvalue weighted by molar-refractivity contribution is 6.30. The van der Waals surface area contributed by atoms with Gasteiger partial charge in [-0.2, -0.15) is 5.26 Å². The zero-order valence-corrected chi connectivity index (χ0v) is 17.2. The number of benzene rings is 3. The standard InChI is InChI=1S/C25H25ClN2O/c1-18(28-25(17-29)21-7-3-2-4-8-21)24(15-19-10-12-23(26)13-11-19)22-9-5-6-20(14-22)16-27/h2-14,18,24-25,28-29H,15,17H2,1H3/t18-,24?,25+/m0/s1. The number of hydrogen-bond acceptors (Lipinski definition) is 3. The number of nitriles is 1. The van der Waals surface area contributed by atoms with E-state index in [1.807, 2.05) is 72.8 Å². The number of nitrogens with one attached hydrogen (secondary N) is 1. The maximum absolute atomic E-state index is 9.96. The van der Waals surface area contributed by atoms with E-state index < -0.39 is 0 Å². The quantitative estimate of drug-likeness (QED) is 0.539. The maximum Gasteiger partial charge on any atom is 0.0991 e. The number of halogens is 1. The lowest BCUT2D eigenvalue weighted by atomic mass is 9.85. The Balaban J connectivity index is 1.88. The molecule has 0 spiro atoms. The Morgan fingerprint density at radius 3 is 2.31 bits per heavy atom. The fraction of sp³-hybridized carbons (Fsp3) is 0.240. The first kappa shape index (κ1) is 21.1. The van der Waals surface area contributed by atoms with Crippen molar-refractivity contribution in [2.24, 2.45) is 0 Å². The lowest BCUT2D eigenvalue weighted by molar-refractivity contribution is 0.229. The summed E-state index contributed by atoms with van der Waals surface area (Å²) in [6.45, 7) is 2.14. The van der Waals surface area contributed by atoms with Crippen molar-refractivity contribution in [1.29, 1.82) is 5.26 Å². The van der Waals surface area contributed by atoms with E-state index in [-0.39, 0.29) is 24.6 Å². The van der Waals surface area contributed by atoms with Gasteiger partial charge in [0.1, 0.15) is 0 Å². The summed E-state index contributed by atoms with van der Waals surface area (Å²) < 4.78 is 0. The zero-order valence-electron chi connectivity index (χ0n) is 16.4. The number of hydrogen-bond donors (Lipinski definition) is 2. The Hall–Kier alpha value is -2.64. The van der Waals surface area contributed by atoms with Crippen LogP contribution in [0.2, 0.25) is 5.02 Å². The van der Waals surface area contributed by atoms with E-state index in [0.29, 0.717) is 10.6 Å². The Labute approximate surface area is 177 Å². The average molecular weight is 405 g/mol. The molecule has 0 aliphatic rings. The van der Waals surface area contributed by atoms with Crippen LogP contribution in [0.5, 0.6) is 0 Å². The Morgan fingerprint density at radius 2 is 1.66 bits per heavy atom. The molecule has 0 bridgehead atoms. The highest BCUT2D eigenvalue weighted by Gasteiger charge is 2.23. The first-order valence-corrected chi connectivity index (χ1v) is 10.1. The molecule has 0 fully saturated rings. The monoisotopic (exact) mass is 404 g/mol. The van der Waals surface area contributed by atoms with Crippen molar-refractivity contribution in [1.82, 2.24) is 5.32 Å². The van der Waals surface area contributed by atoms with Gasteiger partial charge >= 0.3 is 0 Å². The van der Waals surface area contributed by atoms with Crippen molar-refractivity contribution in [3.63, 3.8) is 0 Å². The third-order valence-electron chi connectivity index (χ3n) is 5.26. The van der Waals surface area contributed by atoms with Crippen molar-refractivity contribution in [3.8, 4) is 6.07 Å². The molecular formula is C25H25ClN2O. The van der Waals surface area contributed by atoms with E-state index in [0.717, 1.165) is 17.5 Å². The van der Waals surface area contributed by atoms with E-state index in [1.54, 1.807) is 0 Å². The van der Waals surface area contributed by atoms with Gasteiger partial charge in [-0.05, 0) is 54.3 Å². The number of rotatable bonds is 8. The fourth-order valence-electron chi connectivity index (χ4n) is 3.67. The molecule has 1 unspecified atom stereocenters. The summed E-state index contributed by atoms with van der Waals surface area (Å²) in [6.07, 6.45) is 0.799. The summed E-state index contributed by atoms with van der Waals surface area (Å²) >= 11 is 6.05. The third-order valence-corrected chi connectivity index (χ3v) is 5.52. The first-order valence-electron chi connectivity index (χ1n) is 9.77. The molecule has 0 saturated heterocycles. The number of nitrogens with zero attached hydrogens (tertiary/aromatic N) is 1. The summed E-state index contributed by atoms with van der Waals surface area (Å²) in [4.78, 5) is 0. The van der Waals surface area contributed by atoms with Crippen LogP contribution < -0.4 is 5.32 Å². The van der Waals surface area contributed by atoms with Gasteiger partial charge in [0, 0.05) is 17.0 Å². The average Bonchev–Trinajstić information content (AvgIpc) is 2.77. The molecule has 3 aromatic rings. The van der Waals surface area contributed by atoms with Crippen molar-refractivity contribution >= 4 is 11.6 Å². The van der Waals surface area contributed by atoms with Crippen LogP contribution in [0.4, 0.5) is 0 Å². The maximum atomic E-state index is 9.96. The molecular weight excluding hydrogens is 380 g/mol. The SMILES string of the molecule is C[C@H](N[C@H](CO)c1ccccc1)C(Cc1ccc(Cl)cc1)c1cccc(C#N)c1. The van der Waals surface area contributed by atoms with E-state index in [4.69, 9.17) is 11.6 Å². The number of aliphatic hydroxyl groups excluding tert-OH is 1. The van der Waals surface area contributed by atoms with Gasteiger partial charge in [0.2, 0.25) is 0 Å². The predicted octanol–water partition coefficient (Wildman–Crippen LogP) is 5.25. The van der Waals surface area contributed by atoms with Crippen molar-refractivity contribution in [2.75, 3.05) is 6.61 Å². The largest absolute Gasteiger partial charge is 0.394 e. The van der Waals surface area contributed by atoms with E-state index >= 15 is 0 Å². The molecule has 0 aliphatic carbocycles. The highest BCUT2D eigenvalue weighted by atomic mass is 35.5. The minimum atomic E-state index is -0.155. The summed E-state index contributed by atoms with van der Waals surface area (Å²) in [7, 11) is 0. The van der Waals surface area contributed by atoms with Gasteiger partial charge in [-0.25, -0.2) is 0 Å². The summed E-state index contributed by atoms with van der Waals surface area (Å²) in [5.41, 5.74) is 3.98. The third kappa shape index (κ3) is 5.68. The van der Waals surface area contributed by atoms with E-state index in [9.17, 15) is 10.4 Å². The molecule has 3 rings (SSSR count). The van der Waals surface area contributed by atoms with Gasteiger partial charge in [-0.3, -0.25) is 0 Å². The van der Waals surface area contributed by atoms with Crippen molar-refractivity contribution in [2.45, 2.75) is 31.3 Å². The lowest BCUT2D eigenvalue weighted by Crippen LogP contribution is -2.37. The molecule has 3 nitrogen and oxygen atoms in total. The van der Waals surface area contributed by atoms with Gasteiger partial charge in [0.05, 0.1) is 24.3 Å². The fourth-order valence-corrected chi connectivity index (χ4v) is 3.80. The van der Waals surface area contributed by atoms with Crippen molar-refractivity contribution in [3.05, 3.63) is 106 Å². The molecule has 29 heavy (non-hydrogen) atoms. The summed E-state index contributed by atoms with van der Waals surface area (Å²) in [6, 6.07) is 27.8. The summed E-state index contributed by atoms with van der Waals surface area (Å²) in [5, 5.41) is 23.6. The smallest absolute Gasteiger partial charge is 0.0991 e. The van der Waals surface area contributed by atoms with Crippen LogP contribution in [-0.2, 0) is 6.42 Å². The molecule has 0 amide bonds. The van der Waals surface area contributed by atoms with E-state index in [1.165, 1.54) is 5.56 Å². The Bertz CT molecular complexity index is 951. The molecule has 148 valence electrons. The molecule has 0 radical (unpaired) electrons. The van der Waals surface area contributed by atoms with E-state index in [2.05, 4.69) is 24.4 Å². The lowest BCUT2D eigenvalue weighted by Gasteiger charge is -2.30. The second-order valence-electron chi connectivity index (χ2n) is 7.28. The van der Waals surface area contributed by atoms with Gasteiger partial charge in [-0.1, -0.05) is 66.2 Å². The minimum absolute atomic E-state index is 0.0141. The van der Waals surface area contributed by atoms with Crippen LogP contribution in [0.1, 0.15) is 41.1 Å². The predicted molar refractivity (Wildman–Crippen MR) is 118 cm³/mol. The van der Waals surface area contributed by atoms with Crippen LogP contribution in [0, 0.1) is 11.3 Å². The van der Waals surface area contributed by atoms with Gasteiger partial charge in [-0.15, -0.1) is 0 Å². The van der Waals surface area contributed by atoms with Crippen LogP contribution >= 0.6 is 11.6 Å². The Kier molecular flexibility index (Phi) is 7.43. The summed E-state index contributed by atoms with van der Waals surface area (Å²) in [5.74, 6) is 0.127. The van der Waals surface area contributed by atoms with Crippen LogP contribution in [0.25, 0.3) is 0 Å². The molecule has 0 heterocycles. The molecule has 2 N–H and O–H groups in total. The van der Waals surface area contributed by atoms with Crippen molar-refractivity contribution < 1.29 is 5.11 Å². The zero-order chi connectivity index (χ0) is 20.6. The second-order valence-corrected chi connectivity index (χ2v) is 7.71. The minimum Gasteiger partial charge on any atom is -0.394 e. The first-order chi connectivity index (χ1) is 14.1. The molecule has 0 aliphatic heterocycles. The van der Waals surface area contributed by atoms with Crippen LogP contribution in [0.15, 0.2) is 78.9 Å². The molecule has 3 atom stereocenters. The normalized spacial score (nSPS) is 14.0. The van der Waals surface area contributed by atoms with Gasteiger partial charge in [0.15, 0.2) is 0 Å². The number of aliphatic hydroxyl groups is 1. The Morgan fingerprint density at radius 1 is 0.966 bits per heavy atom. The molecule has 3 aromatic carbocycles. The topological polar surface area (TPSA) is 56.0 Å². The highest BCUT2D eigenvalue weighted by Crippen LogP contribution is 2.28.